The molecule has 0 radical (unpaired) electrons. The van der Waals surface area contributed by atoms with Gasteiger partial charge in [-0.2, -0.15) is 10.4 Å². The Labute approximate surface area is 309 Å². The number of benzene rings is 1. The fourth-order valence-corrected chi connectivity index (χ4v) is 8.86. The van der Waals surface area contributed by atoms with E-state index in [1.807, 2.05) is 55.5 Å². The Hall–Kier alpha value is -5.72. The van der Waals surface area contributed by atoms with E-state index in [1.54, 1.807) is 39.1 Å². The van der Waals surface area contributed by atoms with Gasteiger partial charge in [0.05, 0.1) is 46.7 Å². The molecule has 1 aliphatic carbocycles. The highest BCUT2D eigenvalue weighted by Gasteiger charge is 2.39. The molecule has 8 rings (SSSR count). The van der Waals surface area contributed by atoms with E-state index in [2.05, 4.69) is 32.0 Å². The summed E-state index contributed by atoms with van der Waals surface area (Å²) in [5.41, 5.74) is 6.86. The molecule has 3 amide bonds. The molecule has 2 fully saturated rings. The van der Waals surface area contributed by atoms with E-state index in [1.165, 1.54) is 0 Å². The van der Waals surface area contributed by atoms with E-state index in [0.717, 1.165) is 75.0 Å². The summed E-state index contributed by atoms with van der Waals surface area (Å²) >= 11 is 1.58. The summed E-state index contributed by atoms with van der Waals surface area (Å²) in [7, 11) is 3.74. The number of carbonyl (C=O) groups excluding carboxylic acids is 3. The van der Waals surface area contributed by atoms with Gasteiger partial charge in [0, 0.05) is 56.5 Å². The molecule has 3 N–H and O–H groups in total. The molecular weight excluding hydrogens is 693 g/mol. The van der Waals surface area contributed by atoms with Gasteiger partial charge in [-0.3, -0.25) is 19.4 Å². The number of nitrogens with zero attached hydrogens (tertiary/aromatic N) is 8. The summed E-state index contributed by atoms with van der Waals surface area (Å²) < 4.78 is 1.77. The Morgan fingerprint density at radius 1 is 1.08 bits per heavy atom. The quantitative estimate of drug-likeness (QED) is 0.210. The molecule has 3 aliphatic rings. The Morgan fingerprint density at radius 2 is 1.91 bits per heavy atom. The molecule has 1 saturated heterocycles. The molecule has 2 unspecified atom stereocenters. The second kappa shape index (κ2) is 14.0. The molecule has 1 aromatic carbocycles. The number of hydrogen-bond donors (Lipinski definition) is 3. The van der Waals surface area contributed by atoms with Crippen LogP contribution < -0.4 is 10.6 Å². The minimum Gasteiger partial charge on any atom is -0.387 e. The molecule has 5 aromatic rings. The van der Waals surface area contributed by atoms with Gasteiger partial charge in [0.1, 0.15) is 17.3 Å². The highest BCUT2D eigenvalue weighted by atomic mass is 32.1. The van der Waals surface area contributed by atoms with Crippen LogP contribution in [0.4, 0.5) is 5.69 Å². The zero-order valence-corrected chi connectivity index (χ0v) is 30.1. The minimum absolute atomic E-state index is 0.0320. The van der Waals surface area contributed by atoms with Crippen LogP contribution in [-0.4, -0.2) is 89.8 Å². The number of nitriles is 1. The second-order valence-corrected chi connectivity index (χ2v) is 15.0. The normalized spacial score (nSPS) is 21.3. The summed E-state index contributed by atoms with van der Waals surface area (Å²) in [6, 6.07) is 14.9. The monoisotopic (exact) mass is 730 g/mol. The highest BCUT2D eigenvalue weighted by molar-refractivity contribution is 7.14. The average Bonchev–Trinajstić information content (AvgIpc) is 3.92. The number of amides is 3. The smallest absolute Gasteiger partial charge is 0.254 e. The van der Waals surface area contributed by atoms with Crippen molar-refractivity contribution in [2.45, 2.75) is 75.7 Å². The SMILES string of the molecule is CNc1cc(-c2ccc3cc(C#N)cnn23)ncc1-c1nnc(C2CCC(N(C)C(=O)Cc3ccc4c(c3)CN(C3CCC(=O)NC3O)C4=O)CC2)s1. The van der Waals surface area contributed by atoms with Crippen LogP contribution >= 0.6 is 11.3 Å². The number of likely N-dealkylation sites (N-methyl/N-ethyl adjacent to an activating group) is 1. The summed E-state index contributed by atoms with van der Waals surface area (Å²) in [5, 5.41) is 40.7. The van der Waals surface area contributed by atoms with Crippen molar-refractivity contribution in [3.63, 3.8) is 0 Å². The number of piperidine rings is 1. The van der Waals surface area contributed by atoms with Crippen LogP contribution in [0.15, 0.2) is 54.9 Å². The van der Waals surface area contributed by atoms with Crippen LogP contribution in [0.1, 0.15) is 76.5 Å². The third kappa shape index (κ3) is 6.49. The standard InChI is InChI=1S/C38H38N10O4S/c1-40-29-16-30(31-10-8-26-14-22(17-39)18-42-48(26)31)41-19-28(29)37-45-44-36(53-37)23-4-6-25(7-5-23)46(2)34(50)15-21-3-9-27-24(13-21)20-47(38(27)52)32-11-12-33(49)43-35(32)51/h3,8-10,13-14,16,18-19,23,25,32,35,51H,4-7,11-12,15,20H2,1-2H3,(H,40,41)(H,43,49). The number of hydrogen-bond acceptors (Lipinski definition) is 11. The highest BCUT2D eigenvalue weighted by Crippen LogP contribution is 2.40. The number of rotatable bonds is 8. The maximum atomic E-state index is 13.5. The minimum atomic E-state index is -1.09. The fourth-order valence-electron chi connectivity index (χ4n) is 7.82. The van der Waals surface area contributed by atoms with Gasteiger partial charge in [-0.1, -0.05) is 23.5 Å². The van der Waals surface area contributed by atoms with Crippen LogP contribution in [0.5, 0.6) is 0 Å². The first-order chi connectivity index (χ1) is 25.7. The lowest BCUT2D eigenvalue weighted by atomic mass is 9.85. The van der Waals surface area contributed by atoms with Crippen molar-refractivity contribution in [2.24, 2.45) is 0 Å². The van der Waals surface area contributed by atoms with Gasteiger partial charge in [0.2, 0.25) is 11.8 Å². The molecular formula is C38H38N10O4S. The van der Waals surface area contributed by atoms with Crippen LogP contribution in [0.25, 0.3) is 27.5 Å². The number of aliphatic hydroxyl groups excluding tert-OH is 1. The Morgan fingerprint density at radius 3 is 2.68 bits per heavy atom. The van der Waals surface area contributed by atoms with E-state index >= 15 is 0 Å². The molecule has 4 aromatic heterocycles. The van der Waals surface area contributed by atoms with Crippen molar-refractivity contribution in [1.29, 1.82) is 5.26 Å². The molecule has 2 atom stereocenters. The number of nitrogens with one attached hydrogen (secondary N) is 2. The maximum absolute atomic E-state index is 13.5. The van der Waals surface area contributed by atoms with Gasteiger partial charge in [-0.05, 0) is 73.6 Å². The van der Waals surface area contributed by atoms with Gasteiger partial charge in [-0.25, -0.2) is 4.52 Å². The third-order valence-corrected chi connectivity index (χ3v) is 11.9. The molecule has 1 saturated carbocycles. The Balaban J connectivity index is 0.880. The first kappa shape index (κ1) is 34.4. The van der Waals surface area contributed by atoms with Crippen molar-refractivity contribution >= 4 is 40.3 Å². The van der Waals surface area contributed by atoms with Crippen LogP contribution in [-0.2, 0) is 22.6 Å². The van der Waals surface area contributed by atoms with Gasteiger partial charge in [0.25, 0.3) is 5.91 Å². The summed E-state index contributed by atoms with van der Waals surface area (Å²) in [5.74, 6) is -0.0896. The van der Waals surface area contributed by atoms with Crippen molar-refractivity contribution in [3.8, 4) is 28.0 Å². The summed E-state index contributed by atoms with van der Waals surface area (Å²) in [6.45, 7) is 0.341. The zero-order valence-electron chi connectivity index (χ0n) is 29.3. The molecule has 0 spiro atoms. The number of pyridine rings is 1. The Kier molecular flexibility index (Phi) is 9.09. The second-order valence-electron chi connectivity index (χ2n) is 14.0. The van der Waals surface area contributed by atoms with E-state index < -0.39 is 12.3 Å². The summed E-state index contributed by atoms with van der Waals surface area (Å²) in [6.07, 6.45) is 6.70. The number of aliphatic hydroxyl groups is 1. The number of aromatic nitrogens is 5. The first-order valence-electron chi connectivity index (χ1n) is 17.8. The van der Waals surface area contributed by atoms with Crippen LogP contribution in [0.2, 0.25) is 0 Å². The third-order valence-electron chi connectivity index (χ3n) is 10.8. The van der Waals surface area contributed by atoms with Crippen molar-refractivity contribution < 1.29 is 19.5 Å². The maximum Gasteiger partial charge on any atom is 0.254 e. The molecule has 2 aliphatic heterocycles. The average molecular weight is 731 g/mol. The predicted molar refractivity (Wildman–Crippen MR) is 197 cm³/mol. The summed E-state index contributed by atoms with van der Waals surface area (Å²) in [4.78, 5) is 46.4. The van der Waals surface area contributed by atoms with Gasteiger partial charge in [-0.15, -0.1) is 10.2 Å². The zero-order chi connectivity index (χ0) is 36.8. The molecule has 15 heteroatoms. The predicted octanol–water partition coefficient (Wildman–Crippen LogP) is 4.11. The van der Waals surface area contributed by atoms with Gasteiger partial charge in [0.15, 0.2) is 5.01 Å². The largest absolute Gasteiger partial charge is 0.387 e. The van der Waals surface area contributed by atoms with E-state index in [0.29, 0.717) is 24.1 Å². The number of fused-ring (bicyclic) bond motifs is 2. The number of carbonyl (C=O) groups is 3. The topological polar surface area (TPSA) is 182 Å². The van der Waals surface area contributed by atoms with Crippen LogP contribution in [0, 0.1) is 11.3 Å². The van der Waals surface area contributed by atoms with E-state index in [9.17, 15) is 24.8 Å². The van der Waals surface area contributed by atoms with E-state index in [4.69, 9.17) is 4.98 Å². The fraction of sp³-hybridized carbons (Fsp3) is 0.368. The molecule has 0 bridgehead atoms. The first-order valence-corrected chi connectivity index (χ1v) is 18.6. The van der Waals surface area contributed by atoms with E-state index in [-0.39, 0.29) is 42.5 Å². The lowest BCUT2D eigenvalue weighted by molar-refractivity contribution is -0.132. The lowest BCUT2D eigenvalue weighted by Gasteiger charge is -2.35. The van der Waals surface area contributed by atoms with Gasteiger partial charge < -0.3 is 25.5 Å². The molecule has 53 heavy (non-hydrogen) atoms. The lowest BCUT2D eigenvalue weighted by Crippen LogP contribution is -2.55. The van der Waals surface area contributed by atoms with Crippen molar-refractivity contribution in [3.05, 3.63) is 82.1 Å². The van der Waals surface area contributed by atoms with Crippen molar-refractivity contribution in [2.75, 3.05) is 19.4 Å². The van der Waals surface area contributed by atoms with Gasteiger partial charge >= 0.3 is 0 Å². The van der Waals surface area contributed by atoms with Crippen molar-refractivity contribution in [1.82, 2.24) is 39.9 Å². The molecule has 270 valence electrons. The Bertz CT molecular complexity index is 2290. The molecule has 14 nitrogen and oxygen atoms in total. The number of anilines is 1. The molecule has 6 heterocycles. The van der Waals surface area contributed by atoms with Crippen LogP contribution in [0.3, 0.4) is 0 Å².